The highest BCUT2D eigenvalue weighted by Crippen LogP contribution is 2.13. The molecule has 1 aromatic heterocycles. The van der Waals surface area contributed by atoms with Crippen LogP contribution in [0.25, 0.3) is 0 Å². The van der Waals surface area contributed by atoms with Crippen LogP contribution in [0.1, 0.15) is 17.3 Å². The van der Waals surface area contributed by atoms with Gasteiger partial charge in [-0.1, -0.05) is 22.9 Å². The third-order valence-corrected chi connectivity index (χ3v) is 3.86. The Hall–Kier alpha value is -2.93. The third-order valence-electron chi connectivity index (χ3n) is 3.86. The van der Waals surface area contributed by atoms with Gasteiger partial charge in [0.2, 0.25) is 11.7 Å². The molecular weight excluding hydrogens is 349 g/mol. The molecule has 0 amide bonds. The van der Waals surface area contributed by atoms with E-state index in [2.05, 4.69) is 10.1 Å². The van der Waals surface area contributed by atoms with Gasteiger partial charge in [-0.05, 0) is 50.4 Å². The molecule has 0 aliphatic carbocycles. The van der Waals surface area contributed by atoms with Crippen LogP contribution in [0.3, 0.4) is 0 Å². The summed E-state index contributed by atoms with van der Waals surface area (Å²) in [4.78, 5) is 6.33. The summed E-state index contributed by atoms with van der Waals surface area (Å²) in [5.74, 6) is 2.04. The minimum atomic E-state index is -0.307. The maximum absolute atomic E-state index is 12.9. The highest BCUT2D eigenvalue weighted by molar-refractivity contribution is 5.26. The molecule has 142 valence electrons. The van der Waals surface area contributed by atoms with Crippen molar-refractivity contribution < 1.29 is 18.4 Å². The summed E-state index contributed by atoms with van der Waals surface area (Å²) in [6.45, 7) is 4.00. The van der Waals surface area contributed by atoms with Crippen LogP contribution in [0.4, 0.5) is 4.39 Å². The number of ether oxygens (including phenoxy) is 2. The van der Waals surface area contributed by atoms with Gasteiger partial charge in [0.1, 0.15) is 23.9 Å². The second-order valence-electron chi connectivity index (χ2n) is 6.25. The van der Waals surface area contributed by atoms with Gasteiger partial charge in [-0.2, -0.15) is 4.98 Å². The molecule has 0 aliphatic rings. The number of hydrogen-bond donors (Lipinski definition) is 0. The first-order valence-corrected chi connectivity index (χ1v) is 8.66. The molecule has 0 saturated carbocycles. The van der Waals surface area contributed by atoms with E-state index in [0.29, 0.717) is 30.6 Å². The molecule has 0 N–H and O–H groups in total. The van der Waals surface area contributed by atoms with Crippen molar-refractivity contribution in [3.05, 3.63) is 71.6 Å². The van der Waals surface area contributed by atoms with Crippen LogP contribution in [0.5, 0.6) is 11.5 Å². The van der Waals surface area contributed by atoms with Gasteiger partial charge in [-0.3, -0.25) is 4.90 Å². The molecular formula is C20H22FN3O3. The summed E-state index contributed by atoms with van der Waals surface area (Å²) >= 11 is 0. The first-order chi connectivity index (χ1) is 13.1. The minimum Gasteiger partial charge on any atom is -0.492 e. The lowest BCUT2D eigenvalue weighted by molar-refractivity contribution is 0.212. The molecule has 3 aromatic rings. The quantitative estimate of drug-likeness (QED) is 0.573. The topological polar surface area (TPSA) is 60.6 Å². The van der Waals surface area contributed by atoms with Crippen molar-refractivity contribution >= 4 is 0 Å². The Labute approximate surface area is 157 Å². The molecule has 6 nitrogen and oxygen atoms in total. The molecule has 0 spiro atoms. The smallest absolute Gasteiger partial charge is 0.240 e. The number of hydrogen-bond acceptors (Lipinski definition) is 6. The van der Waals surface area contributed by atoms with Crippen molar-refractivity contribution in [1.29, 1.82) is 0 Å². The SMILES string of the molecule is Cc1ccc(OCCN(C)Cc2nc(COc3ccc(F)cc3)no2)cc1. The summed E-state index contributed by atoms with van der Waals surface area (Å²) < 4.78 is 29.3. The Bertz CT molecular complexity index is 834. The third kappa shape index (κ3) is 6.07. The normalized spacial score (nSPS) is 11.0. The van der Waals surface area contributed by atoms with Gasteiger partial charge < -0.3 is 14.0 Å². The predicted octanol–water partition coefficient (Wildman–Crippen LogP) is 3.61. The highest BCUT2D eigenvalue weighted by Gasteiger charge is 2.10. The maximum atomic E-state index is 12.9. The summed E-state index contributed by atoms with van der Waals surface area (Å²) in [5, 5.41) is 3.89. The van der Waals surface area contributed by atoms with Crippen molar-refractivity contribution in [2.45, 2.75) is 20.1 Å². The second-order valence-corrected chi connectivity index (χ2v) is 6.25. The number of benzene rings is 2. The Kier molecular flexibility index (Phi) is 6.38. The monoisotopic (exact) mass is 371 g/mol. The van der Waals surface area contributed by atoms with Crippen LogP contribution in [-0.2, 0) is 13.2 Å². The molecule has 3 rings (SSSR count). The van der Waals surface area contributed by atoms with E-state index in [1.54, 1.807) is 12.1 Å². The fourth-order valence-corrected chi connectivity index (χ4v) is 2.36. The van der Waals surface area contributed by atoms with Gasteiger partial charge in [-0.15, -0.1) is 0 Å². The van der Waals surface area contributed by atoms with E-state index < -0.39 is 0 Å². The molecule has 0 atom stereocenters. The van der Waals surface area contributed by atoms with Crippen molar-refractivity contribution in [3.63, 3.8) is 0 Å². The van der Waals surface area contributed by atoms with Crippen LogP contribution in [0.15, 0.2) is 53.1 Å². The largest absolute Gasteiger partial charge is 0.492 e. The van der Waals surface area contributed by atoms with Crippen molar-refractivity contribution in [1.82, 2.24) is 15.0 Å². The first kappa shape index (κ1) is 18.8. The zero-order valence-electron chi connectivity index (χ0n) is 15.4. The Morgan fingerprint density at radius 3 is 2.41 bits per heavy atom. The fourth-order valence-electron chi connectivity index (χ4n) is 2.36. The van der Waals surface area contributed by atoms with Crippen LogP contribution in [-0.4, -0.2) is 35.2 Å². The lowest BCUT2D eigenvalue weighted by Crippen LogP contribution is -2.24. The van der Waals surface area contributed by atoms with E-state index in [1.807, 2.05) is 43.1 Å². The van der Waals surface area contributed by atoms with Crippen LogP contribution in [0, 0.1) is 12.7 Å². The summed E-state index contributed by atoms with van der Waals surface area (Å²) in [5.41, 5.74) is 1.20. The molecule has 1 heterocycles. The number of aromatic nitrogens is 2. The average Bonchev–Trinajstić information content (AvgIpc) is 3.10. The number of nitrogens with zero attached hydrogens (tertiary/aromatic N) is 3. The average molecular weight is 371 g/mol. The number of likely N-dealkylation sites (N-methyl/N-ethyl adjacent to an activating group) is 1. The standard InChI is InChI=1S/C20H22FN3O3/c1-15-3-7-17(8-4-15)25-12-11-24(2)13-20-22-19(23-27-20)14-26-18-9-5-16(21)6-10-18/h3-10H,11-14H2,1-2H3. The fraction of sp³-hybridized carbons (Fsp3) is 0.300. The number of halogens is 1. The van der Waals surface area contributed by atoms with E-state index in [4.69, 9.17) is 14.0 Å². The van der Waals surface area contributed by atoms with Crippen LogP contribution >= 0.6 is 0 Å². The molecule has 0 saturated heterocycles. The zero-order chi connectivity index (χ0) is 19.1. The van der Waals surface area contributed by atoms with Gasteiger partial charge in [0, 0.05) is 6.54 Å². The highest BCUT2D eigenvalue weighted by atomic mass is 19.1. The Morgan fingerprint density at radius 1 is 1.00 bits per heavy atom. The second kappa shape index (κ2) is 9.14. The zero-order valence-corrected chi connectivity index (χ0v) is 15.4. The van der Waals surface area contributed by atoms with E-state index in [0.717, 1.165) is 12.3 Å². The Morgan fingerprint density at radius 2 is 1.67 bits per heavy atom. The van der Waals surface area contributed by atoms with E-state index in [9.17, 15) is 4.39 Å². The summed E-state index contributed by atoms with van der Waals surface area (Å²) in [6.07, 6.45) is 0. The van der Waals surface area contributed by atoms with Gasteiger partial charge in [0.15, 0.2) is 6.61 Å². The number of rotatable bonds is 9. The summed E-state index contributed by atoms with van der Waals surface area (Å²) in [7, 11) is 1.96. The minimum absolute atomic E-state index is 0.162. The van der Waals surface area contributed by atoms with Gasteiger partial charge >= 0.3 is 0 Å². The van der Waals surface area contributed by atoms with E-state index in [1.165, 1.54) is 17.7 Å². The van der Waals surface area contributed by atoms with Crippen LogP contribution in [0.2, 0.25) is 0 Å². The molecule has 0 unspecified atom stereocenters. The predicted molar refractivity (Wildman–Crippen MR) is 98.0 cm³/mol. The Balaban J connectivity index is 1.40. The molecule has 27 heavy (non-hydrogen) atoms. The van der Waals surface area contributed by atoms with E-state index >= 15 is 0 Å². The van der Waals surface area contributed by atoms with Gasteiger partial charge in [0.25, 0.3) is 0 Å². The molecule has 2 aromatic carbocycles. The molecule has 0 aliphatic heterocycles. The van der Waals surface area contributed by atoms with Crippen molar-refractivity contribution in [2.24, 2.45) is 0 Å². The first-order valence-electron chi connectivity index (χ1n) is 8.66. The van der Waals surface area contributed by atoms with E-state index in [-0.39, 0.29) is 12.4 Å². The molecule has 7 heteroatoms. The van der Waals surface area contributed by atoms with Crippen molar-refractivity contribution in [2.75, 3.05) is 20.2 Å². The molecule has 0 bridgehead atoms. The van der Waals surface area contributed by atoms with Crippen LogP contribution < -0.4 is 9.47 Å². The molecule has 0 radical (unpaired) electrons. The van der Waals surface area contributed by atoms with Gasteiger partial charge in [-0.25, -0.2) is 4.39 Å². The summed E-state index contributed by atoms with van der Waals surface area (Å²) in [6, 6.07) is 13.7. The lowest BCUT2D eigenvalue weighted by atomic mass is 10.2. The van der Waals surface area contributed by atoms with Gasteiger partial charge in [0.05, 0.1) is 6.54 Å². The number of aryl methyl sites for hydroxylation is 1. The maximum Gasteiger partial charge on any atom is 0.240 e. The lowest BCUT2D eigenvalue weighted by Gasteiger charge is -2.14. The van der Waals surface area contributed by atoms with Crippen molar-refractivity contribution in [3.8, 4) is 11.5 Å². The molecule has 0 fully saturated rings.